The van der Waals surface area contributed by atoms with Crippen molar-refractivity contribution < 1.29 is 9.53 Å². The maximum Gasteiger partial charge on any atom is 0.323 e. The van der Waals surface area contributed by atoms with Crippen molar-refractivity contribution >= 4 is 38.4 Å². The van der Waals surface area contributed by atoms with Crippen LogP contribution in [0.3, 0.4) is 0 Å². The van der Waals surface area contributed by atoms with Gasteiger partial charge in [0.1, 0.15) is 4.60 Å². The summed E-state index contributed by atoms with van der Waals surface area (Å²) in [5.74, 6) is 0. The fourth-order valence-corrected chi connectivity index (χ4v) is 3.04. The van der Waals surface area contributed by atoms with Crippen LogP contribution in [0, 0.1) is 12.3 Å². The molecule has 1 N–H and O–H groups in total. The molecule has 0 spiro atoms. The number of nitrogens with zero attached hydrogens (tertiary/aromatic N) is 2. The summed E-state index contributed by atoms with van der Waals surface area (Å²) >= 11 is 4.79. The van der Waals surface area contributed by atoms with Crippen molar-refractivity contribution in [2.45, 2.75) is 13.8 Å². The number of aryl methyl sites for hydroxylation is 1. The lowest BCUT2D eigenvalue weighted by Crippen LogP contribution is -2.49. The summed E-state index contributed by atoms with van der Waals surface area (Å²) in [4.78, 5) is 18.9. The highest BCUT2D eigenvalue weighted by molar-refractivity contribution is 9.10. The lowest BCUT2D eigenvalue weighted by molar-refractivity contribution is -0.108. The molecule has 2 rings (SSSR count). The molecular weight excluding hydrogens is 318 g/mol. The van der Waals surface area contributed by atoms with Gasteiger partial charge in [-0.3, -0.25) is 5.32 Å². The first-order valence-corrected chi connectivity index (χ1v) is 7.23. The number of amides is 2. The Morgan fingerprint density at radius 2 is 2.33 bits per heavy atom. The van der Waals surface area contributed by atoms with Gasteiger partial charge in [-0.25, -0.2) is 9.78 Å². The Balaban J connectivity index is 1.90. The third kappa shape index (κ3) is 3.02. The van der Waals surface area contributed by atoms with Crippen LogP contribution in [0.15, 0.2) is 4.60 Å². The van der Waals surface area contributed by atoms with Gasteiger partial charge in [-0.1, -0.05) is 6.92 Å². The van der Waals surface area contributed by atoms with E-state index in [0.717, 1.165) is 9.48 Å². The summed E-state index contributed by atoms with van der Waals surface area (Å²) in [6, 6.07) is -0.135. The Kier molecular flexibility index (Phi) is 3.93. The number of anilines is 1. The minimum Gasteiger partial charge on any atom is -0.380 e. The molecule has 1 aliphatic heterocycles. The Hall–Kier alpha value is -0.660. The number of ether oxygens (including phenoxy) is 1. The van der Waals surface area contributed by atoms with Crippen molar-refractivity contribution in [2.24, 2.45) is 5.41 Å². The van der Waals surface area contributed by atoms with E-state index in [1.165, 1.54) is 11.3 Å². The third-order valence-corrected chi connectivity index (χ3v) is 4.74. The molecule has 0 aromatic carbocycles. The van der Waals surface area contributed by atoms with Gasteiger partial charge in [0.05, 0.1) is 13.2 Å². The largest absolute Gasteiger partial charge is 0.380 e. The van der Waals surface area contributed by atoms with E-state index in [-0.39, 0.29) is 11.4 Å². The molecule has 5 nitrogen and oxygen atoms in total. The molecule has 1 fully saturated rings. The van der Waals surface area contributed by atoms with Gasteiger partial charge in [0, 0.05) is 23.9 Å². The molecule has 0 atom stereocenters. The van der Waals surface area contributed by atoms with E-state index in [4.69, 9.17) is 4.74 Å². The molecule has 1 saturated heterocycles. The fraction of sp³-hybridized carbons (Fsp3) is 0.636. The number of thiazole rings is 1. The van der Waals surface area contributed by atoms with Crippen molar-refractivity contribution in [1.29, 1.82) is 0 Å². The monoisotopic (exact) mass is 333 g/mol. The summed E-state index contributed by atoms with van der Waals surface area (Å²) in [7, 11) is 1.79. The van der Waals surface area contributed by atoms with Gasteiger partial charge < -0.3 is 9.64 Å². The molecule has 1 aromatic heterocycles. The average molecular weight is 334 g/mol. The fourth-order valence-electron chi connectivity index (χ4n) is 1.80. The number of aromatic nitrogens is 1. The quantitative estimate of drug-likeness (QED) is 0.925. The Morgan fingerprint density at radius 3 is 2.78 bits per heavy atom. The van der Waals surface area contributed by atoms with Gasteiger partial charge in [-0.05, 0) is 22.9 Å². The number of carbonyl (C=O) groups is 1. The molecule has 0 aliphatic carbocycles. The van der Waals surface area contributed by atoms with Gasteiger partial charge in [-0.15, -0.1) is 11.3 Å². The van der Waals surface area contributed by atoms with E-state index in [1.807, 2.05) is 6.92 Å². The molecule has 18 heavy (non-hydrogen) atoms. The van der Waals surface area contributed by atoms with Gasteiger partial charge in [0.2, 0.25) is 0 Å². The Bertz CT molecular complexity index is 440. The second-order valence-electron chi connectivity index (χ2n) is 4.96. The number of carbonyl (C=O) groups excluding carboxylic acids is 1. The van der Waals surface area contributed by atoms with Crippen molar-refractivity contribution in [3.05, 3.63) is 9.48 Å². The first-order valence-electron chi connectivity index (χ1n) is 5.62. The number of nitrogens with one attached hydrogen (secondary N) is 1. The number of halogens is 1. The van der Waals surface area contributed by atoms with Crippen molar-refractivity contribution in [3.63, 3.8) is 0 Å². The first kappa shape index (κ1) is 13.8. The molecule has 0 bridgehead atoms. The molecule has 0 unspecified atom stereocenters. The normalized spacial score (nSPS) is 17.1. The van der Waals surface area contributed by atoms with Crippen LogP contribution in [0.25, 0.3) is 0 Å². The van der Waals surface area contributed by atoms with E-state index in [2.05, 4.69) is 33.2 Å². The van der Waals surface area contributed by atoms with E-state index < -0.39 is 0 Å². The second-order valence-corrected chi connectivity index (χ2v) is 6.91. The smallest absolute Gasteiger partial charge is 0.323 e. The molecule has 0 saturated carbocycles. The van der Waals surface area contributed by atoms with Crippen LogP contribution >= 0.6 is 27.3 Å². The van der Waals surface area contributed by atoms with Crippen molar-refractivity contribution in [1.82, 2.24) is 9.88 Å². The van der Waals surface area contributed by atoms with Crippen LogP contribution in [0.2, 0.25) is 0 Å². The summed E-state index contributed by atoms with van der Waals surface area (Å²) in [6.45, 7) is 6.18. The zero-order valence-electron chi connectivity index (χ0n) is 10.6. The van der Waals surface area contributed by atoms with E-state index in [1.54, 1.807) is 11.9 Å². The van der Waals surface area contributed by atoms with Crippen LogP contribution in [-0.2, 0) is 4.74 Å². The topological polar surface area (TPSA) is 54.5 Å². The summed E-state index contributed by atoms with van der Waals surface area (Å²) < 4.78 is 5.96. The van der Waals surface area contributed by atoms with Crippen molar-refractivity contribution in [2.75, 3.05) is 32.1 Å². The first-order chi connectivity index (χ1) is 8.39. The average Bonchev–Trinajstić information content (AvgIpc) is 2.55. The molecular formula is C11H16BrN3O2S. The van der Waals surface area contributed by atoms with Crippen LogP contribution in [0.5, 0.6) is 0 Å². The van der Waals surface area contributed by atoms with E-state index >= 15 is 0 Å². The molecule has 2 amide bonds. The SMILES string of the molecule is Cc1sc(NC(=O)N(C)CC2(C)COC2)nc1Br. The van der Waals surface area contributed by atoms with E-state index in [9.17, 15) is 4.79 Å². The van der Waals surface area contributed by atoms with Gasteiger partial charge in [0.15, 0.2) is 5.13 Å². The van der Waals surface area contributed by atoms with Gasteiger partial charge in [-0.2, -0.15) is 0 Å². The number of hydrogen-bond donors (Lipinski definition) is 1. The number of urea groups is 1. The zero-order chi connectivity index (χ0) is 13.3. The minimum atomic E-state index is -0.135. The Morgan fingerprint density at radius 1 is 1.67 bits per heavy atom. The van der Waals surface area contributed by atoms with Crippen LogP contribution < -0.4 is 5.32 Å². The third-order valence-electron chi connectivity index (χ3n) is 2.82. The predicted molar refractivity (Wildman–Crippen MR) is 75.1 cm³/mol. The second kappa shape index (κ2) is 5.14. The van der Waals surface area contributed by atoms with Crippen molar-refractivity contribution in [3.8, 4) is 0 Å². The van der Waals surface area contributed by atoms with Crippen LogP contribution in [0.4, 0.5) is 9.93 Å². The van der Waals surface area contributed by atoms with E-state index in [0.29, 0.717) is 24.9 Å². The molecule has 0 radical (unpaired) electrons. The maximum absolute atomic E-state index is 12.0. The summed E-state index contributed by atoms with van der Waals surface area (Å²) in [5.41, 5.74) is 0.0888. The zero-order valence-corrected chi connectivity index (χ0v) is 13.0. The highest BCUT2D eigenvalue weighted by atomic mass is 79.9. The number of rotatable bonds is 3. The number of hydrogen-bond acceptors (Lipinski definition) is 4. The highest BCUT2D eigenvalue weighted by Crippen LogP contribution is 2.28. The summed E-state index contributed by atoms with van der Waals surface area (Å²) in [5, 5.41) is 3.41. The minimum absolute atomic E-state index is 0.0888. The molecule has 7 heteroatoms. The Labute approximate surface area is 119 Å². The molecule has 2 heterocycles. The highest BCUT2D eigenvalue weighted by Gasteiger charge is 2.35. The summed E-state index contributed by atoms with van der Waals surface area (Å²) in [6.07, 6.45) is 0. The standard InChI is InChI=1S/C11H16BrN3O2S/c1-7-8(12)13-9(18-7)14-10(16)15(3)4-11(2)5-17-6-11/h4-6H2,1-3H3,(H,13,14,16). The molecule has 1 aromatic rings. The van der Waals surface area contributed by atoms with Gasteiger partial charge >= 0.3 is 6.03 Å². The lowest BCUT2D eigenvalue weighted by atomic mass is 9.88. The molecule has 100 valence electrons. The molecule has 1 aliphatic rings. The maximum atomic E-state index is 12.0. The van der Waals surface area contributed by atoms with Crippen LogP contribution in [0.1, 0.15) is 11.8 Å². The van der Waals surface area contributed by atoms with Gasteiger partial charge in [0.25, 0.3) is 0 Å². The predicted octanol–water partition coefficient (Wildman–Crippen LogP) is 2.71. The lowest BCUT2D eigenvalue weighted by Gasteiger charge is -2.40. The van der Waals surface area contributed by atoms with Crippen LogP contribution in [-0.4, -0.2) is 42.7 Å².